The van der Waals surface area contributed by atoms with Crippen LogP contribution in [0, 0.1) is 0 Å². The highest BCUT2D eigenvalue weighted by atomic mass is 16.6. The lowest BCUT2D eigenvalue weighted by atomic mass is 10.2. The molecule has 7 heteroatoms. The molecule has 1 N–H and O–H groups in total. The van der Waals surface area contributed by atoms with Gasteiger partial charge in [-0.3, -0.25) is 9.59 Å². The molecule has 7 nitrogen and oxygen atoms in total. The number of nitrogens with one attached hydrogen (secondary N) is 1. The number of methoxy groups -OCH3 is 2. The largest absolute Gasteiger partial charge is 0.497 e. The average molecular weight is 295 g/mol. The second kappa shape index (κ2) is 7.88. The van der Waals surface area contributed by atoms with Crippen molar-refractivity contribution < 1.29 is 28.6 Å². The van der Waals surface area contributed by atoms with Crippen LogP contribution >= 0.6 is 0 Å². The van der Waals surface area contributed by atoms with Crippen LogP contribution in [0.3, 0.4) is 0 Å². The molecule has 1 aromatic carbocycles. The highest BCUT2D eigenvalue weighted by Crippen LogP contribution is 2.10. The molecule has 0 heterocycles. The molecule has 0 aromatic heterocycles. The average Bonchev–Trinajstić information content (AvgIpc) is 2.51. The molecule has 0 radical (unpaired) electrons. The zero-order valence-corrected chi connectivity index (χ0v) is 12.0. The Labute approximate surface area is 122 Å². The Kier molecular flexibility index (Phi) is 6.19. The van der Waals surface area contributed by atoms with Gasteiger partial charge in [0.1, 0.15) is 12.3 Å². The third-order valence-electron chi connectivity index (χ3n) is 2.59. The number of esters is 2. The van der Waals surface area contributed by atoms with Crippen molar-refractivity contribution >= 4 is 17.8 Å². The molecule has 1 amide bonds. The molecule has 0 spiro atoms. The van der Waals surface area contributed by atoms with Crippen molar-refractivity contribution in [2.24, 2.45) is 0 Å². The first-order chi connectivity index (χ1) is 9.97. The van der Waals surface area contributed by atoms with Gasteiger partial charge in [-0.15, -0.1) is 0 Å². The van der Waals surface area contributed by atoms with Crippen molar-refractivity contribution in [3.8, 4) is 5.75 Å². The van der Waals surface area contributed by atoms with Gasteiger partial charge in [0.2, 0.25) is 0 Å². The van der Waals surface area contributed by atoms with Gasteiger partial charge in [0.05, 0.1) is 14.2 Å². The first-order valence-electron chi connectivity index (χ1n) is 6.17. The predicted molar refractivity (Wildman–Crippen MR) is 72.9 cm³/mol. The van der Waals surface area contributed by atoms with Gasteiger partial charge < -0.3 is 19.5 Å². The minimum absolute atomic E-state index is 0.341. The summed E-state index contributed by atoms with van der Waals surface area (Å²) in [4.78, 5) is 34.3. The zero-order chi connectivity index (χ0) is 15.8. The van der Waals surface area contributed by atoms with E-state index in [0.717, 1.165) is 0 Å². The van der Waals surface area contributed by atoms with Crippen LogP contribution < -0.4 is 10.1 Å². The second-order valence-corrected chi connectivity index (χ2v) is 4.07. The van der Waals surface area contributed by atoms with Gasteiger partial charge >= 0.3 is 11.9 Å². The van der Waals surface area contributed by atoms with Gasteiger partial charge in [-0.25, -0.2) is 4.79 Å². The molecule has 114 valence electrons. The van der Waals surface area contributed by atoms with E-state index in [9.17, 15) is 14.4 Å². The Balaban J connectivity index is 2.45. The Morgan fingerprint density at radius 2 is 1.76 bits per heavy atom. The molecule has 0 saturated heterocycles. The smallest absolute Gasteiger partial charge is 0.346 e. The number of amides is 1. The van der Waals surface area contributed by atoms with Crippen molar-refractivity contribution in [1.29, 1.82) is 0 Å². The van der Waals surface area contributed by atoms with Crippen molar-refractivity contribution in [2.75, 3.05) is 20.8 Å². The van der Waals surface area contributed by atoms with Gasteiger partial charge in [0.15, 0.2) is 6.10 Å². The number of rotatable bonds is 6. The minimum Gasteiger partial charge on any atom is -0.497 e. The highest BCUT2D eigenvalue weighted by molar-refractivity contribution is 5.96. The third kappa shape index (κ3) is 5.13. The Morgan fingerprint density at radius 1 is 1.14 bits per heavy atom. The van der Waals surface area contributed by atoms with Crippen LogP contribution in [0.2, 0.25) is 0 Å². The molecule has 1 rings (SSSR count). The van der Waals surface area contributed by atoms with Crippen LogP contribution in [0.5, 0.6) is 5.75 Å². The molecule has 0 saturated carbocycles. The lowest BCUT2D eigenvalue weighted by molar-refractivity contribution is -0.163. The fourth-order valence-electron chi connectivity index (χ4n) is 1.45. The van der Waals surface area contributed by atoms with E-state index in [4.69, 9.17) is 9.47 Å². The maximum Gasteiger partial charge on any atom is 0.346 e. The number of carbonyl (C=O) groups is 3. The molecule has 0 aliphatic heterocycles. The Morgan fingerprint density at radius 3 is 2.29 bits per heavy atom. The van der Waals surface area contributed by atoms with E-state index in [0.29, 0.717) is 11.3 Å². The number of hydrogen-bond donors (Lipinski definition) is 1. The van der Waals surface area contributed by atoms with Crippen LogP contribution in [0.1, 0.15) is 17.3 Å². The van der Waals surface area contributed by atoms with Gasteiger partial charge in [-0.05, 0) is 31.2 Å². The first kappa shape index (κ1) is 16.5. The summed E-state index contributed by atoms with van der Waals surface area (Å²) in [5.74, 6) is -1.20. The summed E-state index contributed by atoms with van der Waals surface area (Å²) in [5, 5.41) is 2.39. The molecule has 1 aromatic rings. The lowest BCUT2D eigenvalue weighted by Gasteiger charge is -2.11. The van der Waals surface area contributed by atoms with Crippen molar-refractivity contribution in [3.63, 3.8) is 0 Å². The van der Waals surface area contributed by atoms with Crippen LogP contribution in [-0.4, -0.2) is 44.7 Å². The number of benzene rings is 1. The molecule has 1 unspecified atom stereocenters. The maximum absolute atomic E-state index is 11.8. The third-order valence-corrected chi connectivity index (χ3v) is 2.59. The van der Waals surface area contributed by atoms with Crippen LogP contribution in [0.4, 0.5) is 0 Å². The minimum atomic E-state index is -1.01. The maximum atomic E-state index is 11.8. The van der Waals surface area contributed by atoms with Gasteiger partial charge in [-0.1, -0.05) is 0 Å². The first-order valence-corrected chi connectivity index (χ1v) is 6.17. The van der Waals surface area contributed by atoms with Crippen molar-refractivity contribution in [3.05, 3.63) is 29.8 Å². The van der Waals surface area contributed by atoms with Gasteiger partial charge in [0, 0.05) is 5.56 Å². The summed E-state index contributed by atoms with van der Waals surface area (Å²) in [7, 11) is 2.71. The van der Waals surface area contributed by atoms with Gasteiger partial charge in [0.25, 0.3) is 5.91 Å². The molecular formula is C14H17NO6. The van der Waals surface area contributed by atoms with Gasteiger partial charge in [-0.2, -0.15) is 0 Å². The standard InChI is InChI=1S/C14H17NO6/c1-9(14(18)20-3)21-12(16)8-15-13(17)10-4-6-11(19-2)7-5-10/h4-7,9H,8H2,1-3H3,(H,15,17). The fourth-order valence-corrected chi connectivity index (χ4v) is 1.45. The summed E-state index contributed by atoms with van der Waals surface area (Å²) in [6, 6.07) is 6.40. The number of carbonyl (C=O) groups excluding carboxylic acids is 3. The summed E-state index contributed by atoms with van der Waals surface area (Å²) >= 11 is 0. The van der Waals surface area contributed by atoms with E-state index >= 15 is 0 Å². The van der Waals surface area contributed by atoms with E-state index in [-0.39, 0.29) is 6.54 Å². The van der Waals surface area contributed by atoms with E-state index in [2.05, 4.69) is 10.1 Å². The summed E-state index contributed by atoms with van der Waals surface area (Å²) in [5.41, 5.74) is 0.379. The number of hydrogen-bond acceptors (Lipinski definition) is 6. The fraction of sp³-hybridized carbons (Fsp3) is 0.357. The number of ether oxygens (including phenoxy) is 3. The Bertz CT molecular complexity index is 511. The SMILES string of the molecule is COC(=O)C(C)OC(=O)CNC(=O)c1ccc(OC)cc1. The zero-order valence-electron chi connectivity index (χ0n) is 12.0. The normalized spacial score (nSPS) is 11.2. The molecule has 21 heavy (non-hydrogen) atoms. The van der Waals surface area contributed by atoms with Crippen LogP contribution in [0.25, 0.3) is 0 Å². The molecule has 0 fully saturated rings. The molecular weight excluding hydrogens is 278 g/mol. The van der Waals surface area contributed by atoms with E-state index in [1.807, 2.05) is 0 Å². The topological polar surface area (TPSA) is 90.9 Å². The molecule has 0 aliphatic rings. The summed E-state index contributed by atoms with van der Waals surface area (Å²) in [6.07, 6.45) is -1.01. The highest BCUT2D eigenvalue weighted by Gasteiger charge is 2.18. The predicted octanol–water partition coefficient (Wildman–Crippen LogP) is 0.530. The van der Waals surface area contributed by atoms with Crippen molar-refractivity contribution in [2.45, 2.75) is 13.0 Å². The van der Waals surface area contributed by atoms with E-state index in [1.165, 1.54) is 21.1 Å². The van der Waals surface area contributed by atoms with Crippen molar-refractivity contribution in [1.82, 2.24) is 5.32 Å². The lowest BCUT2D eigenvalue weighted by Crippen LogP contribution is -2.34. The Hall–Kier alpha value is -2.57. The quantitative estimate of drug-likeness (QED) is 0.770. The second-order valence-electron chi connectivity index (χ2n) is 4.07. The van der Waals surface area contributed by atoms with Crippen LogP contribution in [0.15, 0.2) is 24.3 Å². The molecule has 0 aliphatic carbocycles. The molecule has 1 atom stereocenters. The van der Waals surface area contributed by atoms with E-state index in [1.54, 1.807) is 24.3 Å². The monoisotopic (exact) mass is 295 g/mol. The van der Waals surface area contributed by atoms with E-state index < -0.39 is 23.9 Å². The molecule has 0 bridgehead atoms. The van der Waals surface area contributed by atoms with Crippen LogP contribution in [-0.2, 0) is 19.1 Å². The summed E-state index contributed by atoms with van der Waals surface area (Å²) in [6.45, 7) is 1.04. The summed E-state index contributed by atoms with van der Waals surface area (Å²) < 4.78 is 14.2.